The third-order valence-corrected chi connectivity index (χ3v) is 4.48. The van der Waals surface area contributed by atoms with E-state index < -0.39 is 0 Å². The van der Waals surface area contributed by atoms with Crippen molar-refractivity contribution in [3.8, 4) is 5.82 Å². The Morgan fingerprint density at radius 1 is 1.22 bits per heavy atom. The van der Waals surface area contributed by atoms with Crippen LogP contribution in [-0.4, -0.2) is 40.4 Å². The maximum Gasteiger partial charge on any atom is 0.258 e. The van der Waals surface area contributed by atoms with Crippen LogP contribution in [0, 0.1) is 0 Å². The van der Waals surface area contributed by atoms with E-state index in [9.17, 15) is 4.79 Å². The molecule has 3 heterocycles. The van der Waals surface area contributed by atoms with Crippen molar-refractivity contribution in [1.82, 2.24) is 20.1 Å². The molecule has 0 spiro atoms. The summed E-state index contributed by atoms with van der Waals surface area (Å²) in [5.74, 6) is 0.349. The highest BCUT2D eigenvalue weighted by Crippen LogP contribution is 2.21. The number of hydrogen-bond donors (Lipinski definition) is 2. The fraction of sp³-hybridized carbons (Fsp3) is 0.211. The van der Waals surface area contributed by atoms with Crippen molar-refractivity contribution in [1.29, 1.82) is 0 Å². The van der Waals surface area contributed by atoms with Crippen LogP contribution in [0.2, 0.25) is 5.02 Å². The number of hydrogen-bond acceptors (Lipinski definition) is 5. The average molecular weight is 384 g/mol. The lowest BCUT2D eigenvalue weighted by atomic mass is 10.1. The minimum atomic E-state index is -0.237. The fourth-order valence-corrected chi connectivity index (χ4v) is 2.94. The van der Waals surface area contributed by atoms with Crippen molar-refractivity contribution in [2.24, 2.45) is 0 Å². The number of aromatic nitrogens is 3. The molecule has 0 saturated carbocycles. The molecule has 1 amide bonds. The number of carbonyl (C=O) groups is 1. The molecule has 1 atom stereocenters. The lowest BCUT2D eigenvalue weighted by Crippen LogP contribution is -2.33. The van der Waals surface area contributed by atoms with Gasteiger partial charge in [-0.15, -0.1) is 0 Å². The van der Waals surface area contributed by atoms with E-state index in [1.54, 1.807) is 18.3 Å². The Hall–Kier alpha value is -2.74. The number of halogens is 1. The first kappa shape index (κ1) is 17.7. The second kappa shape index (κ2) is 7.87. The Morgan fingerprint density at radius 3 is 2.78 bits per heavy atom. The average Bonchev–Trinajstić information content (AvgIpc) is 3.20. The number of morpholine rings is 1. The van der Waals surface area contributed by atoms with E-state index in [4.69, 9.17) is 16.3 Å². The molecular weight excluding hydrogens is 366 g/mol. The maximum absolute atomic E-state index is 12.5. The molecule has 1 aliphatic heterocycles. The maximum atomic E-state index is 12.5. The summed E-state index contributed by atoms with van der Waals surface area (Å²) in [6, 6.07) is 11.1. The number of rotatable bonds is 4. The summed E-state index contributed by atoms with van der Waals surface area (Å²) in [6.45, 7) is 2.38. The Morgan fingerprint density at radius 2 is 2.07 bits per heavy atom. The molecule has 0 aliphatic carbocycles. The van der Waals surface area contributed by atoms with Crippen LogP contribution in [0.5, 0.6) is 0 Å². The van der Waals surface area contributed by atoms with E-state index >= 15 is 0 Å². The number of nitrogens with zero attached hydrogens (tertiary/aromatic N) is 3. The van der Waals surface area contributed by atoms with Gasteiger partial charge in [-0.2, -0.15) is 5.10 Å². The number of pyridine rings is 1. The summed E-state index contributed by atoms with van der Waals surface area (Å²) in [5.41, 5.74) is 2.24. The molecule has 2 aromatic heterocycles. The molecule has 8 heteroatoms. The standard InChI is InChI=1S/C19H18ClN5O2/c20-15-3-6-18(22-10-15)25-12-14(9-23-25)19(26)24-16-4-1-13(2-5-16)17-11-21-7-8-27-17/h1-6,9-10,12,17,21H,7-8,11H2,(H,24,26). The zero-order chi connectivity index (χ0) is 18.6. The van der Waals surface area contributed by atoms with Crippen molar-refractivity contribution in [2.45, 2.75) is 6.10 Å². The Kier molecular flexibility index (Phi) is 5.15. The first-order chi connectivity index (χ1) is 13.2. The Balaban J connectivity index is 1.42. The van der Waals surface area contributed by atoms with Gasteiger partial charge in [0.15, 0.2) is 5.82 Å². The first-order valence-corrected chi connectivity index (χ1v) is 8.97. The molecule has 1 unspecified atom stereocenters. The molecule has 1 saturated heterocycles. The second-order valence-corrected chi connectivity index (χ2v) is 6.58. The van der Waals surface area contributed by atoms with Crippen LogP contribution in [0.3, 0.4) is 0 Å². The largest absolute Gasteiger partial charge is 0.371 e. The van der Waals surface area contributed by atoms with E-state index in [0.717, 1.165) is 18.7 Å². The summed E-state index contributed by atoms with van der Waals surface area (Å²) in [4.78, 5) is 16.6. The molecule has 2 N–H and O–H groups in total. The van der Waals surface area contributed by atoms with E-state index in [-0.39, 0.29) is 12.0 Å². The molecule has 138 valence electrons. The second-order valence-electron chi connectivity index (χ2n) is 6.15. The number of nitrogens with one attached hydrogen (secondary N) is 2. The van der Waals surface area contributed by atoms with Crippen LogP contribution < -0.4 is 10.6 Å². The minimum Gasteiger partial charge on any atom is -0.371 e. The summed E-state index contributed by atoms with van der Waals surface area (Å²) in [6.07, 6.45) is 4.71. The molecular formula is C19H18ClN5O2. The van der Waals surface area contributed by atoms with Crippen molar-refractivity contribution >= 4 is 23.2 Å². The molecule has 1 fully saturated rings. The molecule has 1 aliphatic rings. The fourth-order valence-electron chi connectivity index (χ4n) is 2.83. The predicted molar refractivity (Wildman–Crippen MR) is 102 cm³/mol. The Bertz CT molecular complexity index is 918. The molecule has 1 aromatic carbocycles. The number of carbonyl (C=O) groups excluding carboxylic acids is 1. The van der Waals surface area contributed by atoms with Crippen LogP contribution in [0.1, 0.15) is 22.0 Å². The zero-order valence-electron chi connectivity index (χ0n) is 14.4. The van der Waals surface area contributed by atoms with Crippen LogP contribution >= 0.6 is 11.6 Å². The molecule has 7 nitrogen and oxygen atoms in total. The van der Waals surface area contributed by atoms with E-state index in [1.165, 1.54) is 17.1 Å². The SMILES string of the molecule is O=C(Nc1ccc(C2CNCCO2)cc1)c1cnn(-c2ccc(Cl)cn2)c1. The van der Waals surface area contributed by atoms with Gasteiger partial charge >= 0.3 is 0 Å². The molecule has 0 radical (unpaired) electrons. The monoisotopic (exact) mass is 383 g/mol. The predicted octanol–water partition coefficient (Wildman–Crippen LogP) is 2.83. The van der Waals surface area contributed by atoms with Crippen LogP contribution in [0.25, 0.3) is 5.82 Å². The number of ether oxygens (including phenoxy) is 1. The summed E-state index contributed by atoms with van der Waals surface area (Å²) in [5, 5.41) is 10.9. The zero-order valence-corrected chi connectivity index (χ0v) is 15.2. The van der Waals surface area contributed by atoms with Crippen molar-refractivity contribution < 1.29 is 9.53 Å². The van der Waals surface area contributed by atoms with Crippen LogP contribution in [0.15, 0.2) is 55.0 Å². The Labute approximate surface area is 161 Å². The molecule has 3 aromatic rings. The van der Waals surface area contributed by atoms with Crippen LogP contribution in [0.4, 0.5) is 5.69 Å². The number of amides is 1. The normalized spacial score (nSPS) is 16.9. The first-order valence-electron chi connectivity index (χ1n) is 8.59. The number of benzene rings is 1. The highest BCUT2D eigenvalue weighted by atomic mass is 35.5. The smallest absolute Gasteiger partial charge is 0.258 e. The molecule has 27 heavy (non-hydrogen) atoms. The van der Waals surface area contributed by atoms with Crippen molar-refractivity contribution in [3.05, 3.63) is 71.1 Å². The quantitative estimate of drug-likeness (QED) is 0.724. The van der Waals surface area contributed by atoms with Gasteiger partial charge < -0.3 is 15.4 Å². The van der Waals surface area contributed by atoms with E-state index in [2.05, 4.69) is 20.7 Å². The van der Waals surface area contributed by atoms with Gasteiger partial charge in [0.05, 0.1) is 29.5 Å². The van der Waals surface area contributed by atoms with Gasteiger partial charge in [0.2, 0.25) is 0 Å². The minimum absolute atomic E-state index is 0.0496. The lowest BCUT2D eigenvalue weighted by Gasteiger charge is -2.24. The van der Waals surface area contributed by atoms with Crippen molar-refractivity contribution in [2.75, 3.05) is 25.0 Å². The summed E-state index contributed by atoms with van der Waals surface area (Å²) < 4.78 is 7.26. The summed E-state index contributed by atoms with van der Waals surface area (Å²) >= 11 is 5.84. The third-order valence-electron chi connectivity index (χ3n) is 4.26. The third kappa shape index (κ3) is 4.16. The van der Waals surface area contributed by atoms with Crippen molar-refractivity contribution in [3.63, 3.8) is 0 Å². The highest BCUT2D eigenvalue weighted by Gasteiger charge is 2.16. The molecule has 0 bridgehead atoms. The summed E-state index contributed by atoms with van der Waals surface area (Å²) in [7, 11) is 0. The van der Waals surface area contributed by atoms with Gasteiger partial charge in [-0.05, 0) is 29.8 Å². The van der Waals surface area contributed by atoms with Gasteiger partial charge in [0.1, 0.15) is 0 Å². The van der Waals surface area contributed by atoms with Crippen LogP contribution in [-0.2, 0) is 4.74 Å². The van der Waals surface area contributed by atoms with Gasteiger partial charge in [-0.3, -0.25) is 4.79 Å². The van der Waals surface area contributed by atoms with E-state index in [1.807, 2.05) is 24.3 Å². The van der Waals surface area contributed by atoms with Gasteiger partial charge in [-0.25, -0.2) is 9.67 Å². The highest BCUT2D eigenvalue weighted by molar-refractivity contribution is 6.30. The number of anilines is 1. The lowest BCUT2D eigenvalue weighted by molar-refractivity contribution is 0.0277. The molecule has 4 rings (SSSR count). The van der Waals surface area contributed by atoms with Gasteiger partial charge in [-0.1, -0.05) is 23.7 Å². The van der Waals surface area contributed by atoms with Gasteiger partial charge in [0, 0.05) is 31.2 Å². The topological polar surface area (TPSA) is 81.1 Å². The van der Waals surface area contributed by atoms with E-state index in [0.29, 0.717) is 28.7 Å². The van der Waals surface area contributed by atoms with Gasteiger partial charge in [0.25, 0.3) is 5.91 Å².